The molecule has 0 bridgehead atoms. The highest BCUT2D eigenvalue weighted by Crippen LogP contribution is 2.25. The second kappa shape index (κ2) is 7.95. The molecule has 7 nitrogen and oxygen atoms in total. The predicted octanol–water partition coefficient (Wildman–Crippen LogP) is 2.09. The molecule has 0 radical (unpaired) electrons. The van der Waals surface area contributed by atoms with Gasteiger partial charge in [-0.3, -0.25) is 14.5 Å². The van der Waals surface area contributed by atoms with E-state index in [4.69, 9.17) is 11.6 Å². The number of amides is 3. The summed E-state index contributed by atoms with van der Waals surface area (Å²) >= 11 is 6.10. The number of rotatable bonds is 4. The number of nitrogens with zero attached hydrogens (tertiary/aromatic N) is 2. The van der Waals surface area contributed by atoms with Crippen LogP contribution in [0.5, 0.6) is 0 Å². The third-order valence-corrected chi connectivity index (χ3v) is 5.40. The normalized spacial score (nSPS) is 22.5. The summed E-state index contributed by atoms with van der Waals surface area (Å²) in [6, 6.07) is 6.03. The zero-order chi connectivity index (χ0) is 18.7. The van der Waals surface area contributed by atoms with Crippen LogP contribution in [-0.4, -0.2) is 58.0 Å². The summed E-state index contributed by atoms with van der Waals surface area (Å²) < 4.78 is 0. The fourth-order valence-corrected chi connectivity index (χ4v) is 3.89. The second-order valence-corrected chi connectivity index (χ2v) is 7.04. The minimum atomic E-state index is -1.08. The Hall–Kier alpha value is -2.28. The summed E-state index contributed by atoms with van der Waals surface area (Å²) in [7, 11) is 0. The molecule has 2 N–H and O–H groups in total. The molecule has 0 aromatic heterocycles. The number of hydrogen-bond donors (Lipinski definition) is 2. The molecule has 2 saturated heterocycles. The van der Waals surface area contributed by atoms with Crippen molar-refractivity contribution in [1.82, 2.24) is 15.1 Å². The summed E-state index contributed by atoms with van der Waals surface area (Å²) in [6.07, 6.45) is 1.41. The molecule has 140 valence electrons. The molecule has 2 aliphatic rings. The highest BCUT2D eigenvalue weighted by atomic mass is 35.5. The minimum Gasteiger partial charge on any atom is -0.465 e. The van der Waals surface area contributed by atoms with Crippen molar-refractivity contribution in [2.75, 3.05) is 13.1 Å². The zero-order valence-corrected chi connectivity index (χ0v) is 15.1. The first-order chi connectivity index (χ1) is 12.5. The molecule has 0 saturated carbocycles. The molecule has 2 fully saturated rings. The van der Waals surface area contributed by atoms with Gasteiger partial charge in [0.2, 0.25) is 11.8 Å². The number of carbonyl (C=O) groups is 3. The summed E-state index contributed by atoms with van der Waals surface area (Å²) in [5.41, 5.74) is 0.811. The van der Waals surface area contributed by atoms with Gasteiger partial charge in [-0.1, -0.05) is 29.8 Å². The van der Waals surface area contributed by atoms with Crippen LogP contribution in [0.1, 0.15) is 31.2 Å². The first kappa shape index (κ1) is 18.5. The molecule has 0 aliphatic carbocycles. The van der Waals surface area contributed by atoms with Crippen molar-refractivity contribution < 1.29 is 19.5 Å². The van der Waals surface area contributed by atoms with E-state index in [0.29, 0.717) is 43.9 Å². The van der Waals surface area contributed by atoms with Crippen LogP contribution in [0.15, 0.2) is 24.3 Å². The molecule has 3 rings (SSSR count). The van der Waals surface area contributed by atoms with E-state index in [9.17, 15) is 19.5 Å². The van der Waals surface area contributed by atoms with E-state index < -0.39 is 18.2 Å². The highest BCUT2D eigenvalue weighted by Gasteiger charge is 2.42. The lowest BCUT2D eigenvalue weighted by atomic mass is 10.1. The average molecular weight is 380 g/mol. The Morgan fingerprint density at radius 3 is 2.42 bits per heavy atom. The van der Waals surface area contributed by atoms with E-state index in [1.807, 2.05) is 18.2 Å². The lowest BCUT2D eigenvalue weighted by Gasteiger charge is -2.29. The van der Waals surface area contributed by atoms with Crippen molar-refractivity contribution in [3.05, 3.63) is 34.9 Å². The maximum absolute atomic E-state index is 12.8. The average Bonchev–Trinajstić information content (AvgIpc) is 3.29. The highest BCUT2D eigenvalue weighted by molar-refractivity contribution is 6.31. The molecule has 2 aliphatic heterocycles. The van der Waals surface area contributed by atoms with E-state index in [1.54, 1.807) is 6.07 Å². The van der Waals surface area contributed by atoms with E-state index >= 15 is 0 Å². The number of likely N-dealkylation sites (tertiary alicyclic amines) is 2. The van der Waals surface area contributed by atoms with Gasteiger partial charge in [0, 0.05) is 24.7 Å². The Morgan fingerprint density at radius 2 is 1.73 bits per heavy atom. The molecule has 8 heteroatoms. The van der Waals surface area contributed by atoms with Gasteiger partial charge in [-0.2, -0.15) is 0 Å². The molecular weight excluding hydrogens is 358 g/mol. The molecule has 2 heterocycles. The Balaban J connectivity index is 1.64. The smallest absolute Gasteiger partial charge is 0.407 e. The van der Waals surface area contributed by atoms with Crippen LogP contribution < -0.4 is 5.32 Å². The number of halogens is 1. The number of nitrogens with one attached hydrogen (secondary N) is 1. The second-order valence-electron chi connectivity index (χ2n) is 6.63. The van der Waals surface area contributed by atoms with Crippen molar-refractivity contribution in [1.29, 1.82) is 0 Å². The van der Waals surface area contributed by atoms with Crippen LogP contribution in [0, 0.1) is 0 Å². The first-order valence-corrected chi connectivity index (χ1v) is 9.18. The number of benzene rings is 1. The number of hydrogen-bond acceptors (Lipinski definition) is 3. The topological polar surface area (TPSA) is 90.0 Å². The minimum absolute atomic E-state index is 0.226. The fraction of sp³-hybridized carbons (Fsp3) is 0.500. The molecule has 1 unspecified atom stereocenters. The summed E-state index contributed by atoms with van der Waals surface area (Å²) in [5.74, 6) is -0.490. The number of carbonyl (C=O) groups excluding carboxylic acids is 2. The van der Waals surface area contributed by atoms with E-state index in [-0.39, 0.29) is 11.8 Å². The van der Waals surface area contributed by atoms with Gasteiger partial charge in [-0.05, 0) is 37.3 Å². The quantitative estimate of drug-likeness (QED) is 0.838. The Morgan fingerprint density at radius 1 is 1.08 bits per heavy atom. The van der Waals surface area contributed by atoms with Crippen LogP contribution in [0.25, 0.3) is 0 Å². The van der Waals surface area contributed by atoms with Crippen LogP contribution in [0.2, 0.25) is 5.02 Å². The van der Waals surface area contributed by atoms with Crippen molar-refractivity contribution in [2.45, 2.75) is 44.3 Å². The largest absolute Gasteiger partial charge is 0.465 e. The summed E-state index contributed by atoms with van der Waals surface area (Å²) in [6.45, 7) is 1.14. The standard InChI is InChI=1S/C18H22ClN3O4/c19-13-6-2-1-5-12(13)11-20-16(23)14-7-3-9-21(14)17(24)15-8-4-10-22(15)18(25)26/h1-2,5-6,14-15H,3-4,7-11H2,(H,20,23)(H,25,26)/t14-,15?/m0/s1. The van der Waals surface area contributed by atoms with Crippen LogP contribution in [0.4, 0.5) is 4.79 Å². The van der Waals surface area contributed by atoms with Crippen LogP contribution in [0.3, 0.4) is 0 Å². The predicted molar refractivity (Wildman–Crippen MR) is 95.8 cm³/mol. The Labute approximate surface area is 156 Å². The van der Waals surface area contributed by atoms with Gasteiger partial charge >= 0.3 is 6.09 Å². The maximum Gasteiger partial charge on any atom is 0.407 e. The van der Waals surface area contributed by atoms with Crippen LogP contribution in [-0.2, 0) is 16.1 Å². The monoisotopic (exact) mass is 379 g/mol. The summed E-state index contributed by atoms with van der Waals surface area (Å²) in [4.78, 5) is 39.4. The van der Waals surface area contributed by atoms with Gasteiger partial charge in [0.25, 0.3) is 0 Å². The van der Waals surface area contributed by atoms with Gasteiger partial charge in [0.1, 0.15) is 12.1 Å². The fourth-order valence-electron chi connectivity index (χ4n) is 3.69. The SMILES string of the molecule is O=C(NCc1ccccc1Cl)[C@@H]1CCCN1C(=O)C1CCCN1C(=O)O. The maximum atomic E-state index is 12.8. The van der Waals surface area contributed by atoms with Gasteiger partial charge in [-0.15, -0.1) is 0 Å². The van der Waals surface area contributed by atoms with Crippen molar-refractivity contribution in [3.8, 4) is 0 Å². The molecule has 1 aromatic rings. The van der Waals surface area contributed by atoms with Gasteiger partial charge < -0.3 is 15.3 Å². The molecule has 1 aromatic carbocycles. The number of carboxylic acid groups (broad SMARTS) is 1. The first-order valence-electron chi connectivity index (χ1n) is 8.80. The molecule has 2 atom stereocenters. The molecular formula is C18H22ClN3O4. The molecule has 26 heavy (non-hydrogen) atoms. The Bertz CT molecular complexity index is 711. The van der Waals surface area contributed by atoms with Gasteiger partial charge in [-0.25, -0.2) is 4.79 Å². The van der Waals surface area contributed by atoms with E-state index in [1.165, 1.54) is 9.80 Å². The molecule has 0 spiro atoms. The van der Waals surface area contributed by atoms with Crippen molar-refractivity contribution >= 4 is 29.5 Å². The Kier molecular flexibility index (Phi) is 5.66. The lowest BCUT2D eigenvalue weighted by molar-refractivity contribution is -0.141. The van der Waals surface area contributed by atoms with Gasteiger partial charge in [0.05, 0.1) is 0 Å². The third-order valence-electron chi connectivity index (χ3n) is 5.03. The molecule has 3 amide bonds. The van der Waals surface area contributed by atoms with Crippen molar-refractivity contribution in [3.63, 3.8) is 0 Å². The van der Waals surface area contributed by atoms with E-state index in [2.05, 4.69) is 5.32 Å². The summed E-state index contributed by atoms with van der Waals surface area (Å²) in [5, 5.41) is 12.7. The van der Waals surface area contributed by atoms with Crippen LogP contribution >= 0.6 is 11.6 Å². The van der Waals surface area contributed by atoms with Gasteiger partial charge in [0.15, 0.2) is 0 Å². The van der Waals surface area contributed by atoms with E-state index in [0.717, 1.165) is 12.0 Å². The lowest BCUT2D eigenvalue weighted by Crippen LogP contribution is -2.52. The zero-order valence-electron chi connectivity index (χ0n) is 14.4. The third kappa shape index (κ3) is 3.77. The van der Waals surface area contributed by atoms with Crippen molar-refractivity contribution in [2.24, 2.45) is 0 Å².